The van der Waals surface area contributed by atoms with Crippen LogP contribution in [0.25, 0.3) is 0 Å². The molecule has 0 unspecified atom stereocenters. The van der Waals surface area contributed by atoms with E-state index < -0.39 is 5.97 Å². The Hall–Kier alpha value is -1.61. The van der Waals surface area contributed by atoms with Crippen molar-refractivity contribution in [2.45, 2.75) is 13.0 Å². The van der Waals surface area contributed by atoms with Crippen LogP contribution < -0.4 is 5.73 Å². The Balaban J connectivity index is 2.63. The van der Waals surface area contributed by atoms with Crippen LogP contribution in [0.3, 0.4) is 0 Å². The van der Waals surface area contributed by atoms with Crippen molar-refractivity contribution in [3.05, 3.63) is 47.5 Å². The Labute approximate surface area is 82.9 Å². The standard InChI is InChI=1S/C11H13NO2/c12-8-10-5-1-3-9(7-10)4-2-6-11(13)14/h1-3,5-7H,4,8,12H2,(H,13,14). The van der Waals surface area contributed by atoms with Crippen LogP contribution in [0.1, 0.15) is 11.1 Å². The van der Waals surface area contributed by atoms with Crippen LogP contribution in [0.4, 0.5) is 0 Å². The van der Waals surface area contributed by atoms with Crippen LogP contribution in [0.5, 0.6) is 0 Å². The highest BCUT2D eigenvalue weighted by molar-refractivity contribution is 5.79. The van der Waals surface area contributed by atoms with Gasteiger partial charge in [0.15, 0.2) is 0 Å². The third-order valence-corrected chi connectivity index (χ3v) is 1.84. The van der Waals surface area contributed by atoms with Crippen LogP contribution >= 0.6 is 0 Å². The molecule has 0 aromatic heterocycles. The first-order valence-corrected chi connectivity index (χ1v) is 4.39. The van der Waals surface area contributed by atoms with E-state index in [1.807, 2.05) is 24.3 Å². The maximum Gasteiger partial charge on any atom is 0.327 e. The molecule has 0 atom stereocenters. The van der Waals surface area contributed by atoms with Crippen LogP contribution in [-0.4, -0.2) is 11.1 Å². The number of aliphatic carboxylic acids is 1. The van der Waals surface area contributed by atoms with E-state index in [4.69, 9.17) is 10.8 Å². The van der Waals surface area contributed by atoms with Crippen molar-refractivity contribution in [1.29, 1.82) is 0 Å². The van der Waals surface area contributed by atoms with Gasteiger partial charge in [-0.15, -0.1) is 0 Å². The molecule has 0 fully saturated rings. The van der Waals surface area contributed by atoms with Gasteiger partial charge in [-0.3, -0.25) is 0 Å². The topological polar surface area (TPSA) is 63.3 Å². The van der Waals surface area contributed by atoms with Gasteiger partial charge in [-0.25, -0.2) is 4.79 Å². The predicted octanol–water partition coefficient (Wildman–Crippen LogP) is 1.33. The summed E-state index contributed by atoms with van der Waals surface area (Å²) >= 11 is 0. The predicted molar refractivity (Wildman–Crippen MR) is 54.8 cm³/mol. The lowest BCUT2D eigenvalue weighted by Crippen LogP contribution is -1.96. The van der Waals surface area contributed by atoms with Crippen molar-refractivity contribution >= 4 is 5.97 Å². The largest absolute Gasteiger partial charge is 0.478 e. The van der Waals surface area contributed by atoms with Gasteiger partial charge in [-0.05, 0) is 17.5 Å². The molecule has 3 heteroatoms. The molecular formula is C11H13NO2. The summed E-state index contributed by atoms with van der Waals surface area (Å²) in [6.07, 6.45) is 3.40. The van der Waals surface area contributed by atoms with Crippen LogP contribution in [0.15, 0.2) is 36.4 Å². The van der Waals surface area contributed by atoms with Gasteiger partial charge in [-0.2, -0.15) is 0 Å². The van der Waals surface area contributed by atoms with Crippen molar-refractivity contribution in [3.63, 3.8) is 0 Å². The van der Waals surface area contributed by atoms with E-state index in [1.165, 1.54) is 0 Å². The Morgan fingerprint density at radius 1 is 1.43 bits per heavy atom. The monoisotopic (exact) mass is 191 g/mol. The highest BCUT2D eigenvalue weighted by Crippen LogP contribution is 2.05. The maximum atomic E-state index is 10.2. The second-order valence-corrected chi connectivity index (χ2v) is 2.97. The SMILES string of the molecule is NCc1cccc(CC=CC(=O)O)c1. The maximum absolute atomic E-state index is 10.2. The van der Waals surface area contributed by atoms with Gasteiger partial charge in [0.25, 0.3) is 0 Å². The molecule has 0 aliphatic carbocycles. The lowest BCUT2D eigenvalue weighted by molar-refractivity contribution is -0.131. The van der Waals surface area contributed by atoms with Gasteiger partial charge < -0.3 is 10.8 Å². The van der Waals surface area contributed by atoms with Gasteiger partial charge in [0.1, 0.15) is 0 Å². The number of benzene rings is 1. The first-order chi connectivity index (χ1) is 6.72. The molecule has 1 rings (SSSR count). The molecular weight excluding hydrogens is 178 g/mol. The summed E-state index contributed by atoms with van der Waals surface area (Å²) in [5, 5.41) is 8.39. The van der Waals surface area contributed by atoms with Crippen LogP contribution in [0.2, 0.25) is 0 Å². The normalized spacial score (nSPS) is 10.6. The Morgan fingerprint density at radius 3 is 2.79 bits per heavy atom. The minimum absolute atomic E-state index is 0.510. The summed E-state index contributed by atoms with van der Waals surface area (Å²) in [7, 11) is 0. The van der Waals surface area contributed by atoms with Crippen molar-refractivity contribution in [3.8, 4) is 0 Å². The number of hydrogen-bond acceptors (Lipinski definition) is 2. The lowest BCUT2D eigenvalue weighted by Gasteiger charge is -1.99. The zero-order valence-corrected chi connectivity index (χ0v) is 7.81. The van der Waals surface area contributed by atoms with Gasteiger partial charge in [0, 0.05) is 12.6 Å². The number of carboxylic acid groups (broad SMARTS) is 1. The van der Waals surface area contributed by atoms with E-state index >= 15 is 0 Å². The fraction of sp³-hybridized carbons (Fsp3) is 0.182. The first kappa shape index (κ1) is 10.5. The molecule has 3 N–H and O–H groups in total. The third-order valence-electron chi connectivity index (χ3n) is 1.84. The minimum Gasteiger partial charge on any atom is -0.478 e. The molecule has 14 heavy (non-hydrogen) atoms. The molecule has 0 amide bonds. The number of hydrogen-bond donors (Lipinski definition) is 2. The molecule has 0 saturated carbocycles. The number of carbonyl (C=O) groups is 1. The minimum atomic E-state index is -0.917. The first-order valence-electron chi connectivity index (χ1n) is 4.39. The van der Waals surface area contributed by atoms with Gasteiger partial charge in [0.2, 0.25) is 0 Å². The van der Waals surface area contributed by atoms with Gasteiger partial charge in [0.05, 0.1) is 0 Å². The molecule has 1 aromatic rings. The summed E-state index contributed by atoms with van der Waals surface area (Å²) in [6, 6.07) is 7.80. The van der Waals surface area contributed by atoms with E-state index in [2.05, 4.69) is 0 Å². The second-order valence-electron chi connectivity index (χ2n) is 2.97. The van der Waals surface area contributed by atoms with E-state index in [1.54, 1.807) is 6.08 Å². The highest BCUT2D eigenvalue weighted by atomic mass is 16.4. The number of rotatable bonds is 4. The third kappa shape index (κ3) is 3.41. The van der Waals surface area contributed by atoms with Gasteiger partial charge >= 0.3 is 5.97 Å². The molecule has 0 spiro atoms. The average molecular weight is 191 g/mol. The van der Waals surface area contributed by atoms with E-state index in [0.717, 1.165) is 17.2 Å². The second kappa shape index (κ2) is 5.19. The number of nitrogens with two attached hydrogens (primary N) is 1. The molecule has 0 aliphatic heterocycles. The summed E-state index contributed by atoms with van der Waals surface area (Å²) in [5.41, 5.74) is 7.62. The number of carboxylic acids is 1. The summed E-state index contributed by atoms with van der Waals surface area (Å²) < 4.78 is 0. The fourth-order valence-corrected chi connectivity index (χ4v) is 1.18. The zero-order valence-electron chi connectivity index (χ0n) is 7.81. The number of allylic oxidation sites excluding steroid dienone is 1. The van der Waals surface area contributed by atoms with Crippen molar-refractivity contribution in [2.24, 2.45) is 5.73 Å². The van der Waals surface area contributed by atoms with Crippen LogP contribution in [0, 0.1) is 0 Å². The molecule has 0 bridgehead atoms. The van der Waals surface area contributed by atoms with E-state index in [9.17, 15) is 4.79 Å². The van der Waals surface area contributed by atoms with Gasteiger partial charge in [-0.1, -0.05) is 30.3 Å². The smallest absolute Gasteiger partial charge is 0.327 e. The fourth-order valence-electron chi connectivity index (χ4n) is 1.18. The van der Waals surface area contributed by atoms with Crippen LogP contribution in [-0.2, 0) is 17.8 Å². The van der Waals surface area contributed by atoms with Crippen molar-refractivity contribution in [2.75, 3.05) is 0 Å². The lowest BCUT2D eigenvalue weighted by atomic mass is 10.1. The molecule has 74 valence electrons. The summed E-state index contributed by atoms with van der Waals surface area (Å²) in [5.74, 6) is -0.917. The van der Waals surface area contributed by atoms with Crippen molar-refractivity contribution in [1.82, 2.24) is 0 Å². The van der Waals surface area contributed by atoms with Crippen molar-refractivity contribution < 1.29 is 9.90 Å². The van der Waals surface area contributed by atoms with E-state index in [0.29, 0.717) is 13.0 Å². The Bertz CT molecular complexity index is 345. The summed E-state index contributed by atoms with van der Waals surface area (Å²) in [4.78, 5) is 10.2. The highest BCUT2D eigenvalue weighted by Gasteiger charge is 1.92. The summed E-state index contributed by atoms with van der Waals surface area (Å²) in [6.45, 7) is 0.510. The average Bonchev–Trinajstić information content (AvgIpc) is 2.18. The molecule has 0 heterocycles. The Morgan fingerprint density at radius 2 is 2.14 bits per heavy atom. The molecule has 0 saturated heterocycles. The molecule has 0 aliphatic rings. The molecule has 1 aromatic carbocycles. The zero-order chi connectivity index (χ0) is 10.4. The Kier molecular flexibility index (Phi) is 3.88. The molecule has 3 nitrogen and oxygen atoms in total. The quantitative estimate of drug-likeness (QED) is 0.706. The molecule has 0 radical (unpaired) electrons. The van der Waals surface area contributed by atoms with E-state index in [-0.39, 0.29) is 0 Å².